The number of benzene rings is 1. The zero-order valence-corrected chi connectivity index (χ0v) is 8.72. The Morgan fingerprint density at radius 1 is 1.46 bits per heavy atom. The molecule has 0 aliphatic heterocycles. The molecule has 13 heavy (non-hydrogen) atoms. The molecule has 0 amide bonds. The molecule has 0 radical (unpaired) electrons. The van der Waals surface area contributed by atoms with E-state index in [2.05, 4.69) is 15.9 Å². The lowest BCUT2D eigenvalue weighted by molar-refractivity contribution is 0.624. The van der Waals surface area contributed by atoms with Gasteiger partial charge in [0.2, 0.25) is 0 Å². The van der Waals surface area contributed by atoms with Crippen LogP contribution in [-0.4, -0.2) is 6.54 Å². The van der Waals surface area contributed by atoms with Gasteiger partial charge in [-0.25, -0.2) is 4.39 Å². The molecule has 0 bridgehead atoms. The molecule has 0 fully saturated rings. The average Bonchev–Trinajstić information content (AvgIpc) is 2.10. The Morgan fingerprint density at radius 3 is 2.85 bits per heavy atom. The van der Waals surface area contributed by atoms with Gasteiger partial charge in [0.25, 0.3) is 0 Å². The molecule has 3 heteroatoms. The van der Waals surface area contributed by atoms with Crippen LogP contribution in [0.4, 0.5) is 4.39 Å². The fourth-order valence-corrected chi connectivity index (χ4v) is 1.44. The van der Waals surface area contributed by atoms with E-state index in [1.165, 1.54) is 6.07 Å². The van der Waals surface area contributed by atoms with Gasteiger partial charge >= 0.3 is 0 Å². The summed E-state index contributed by atoms with van der Waals surface area (Å²) in [4.78, 5) is 0. The number of nitrogens with two attached hydrogens (primary N) is 1. The third-order valence-corrected chi connectivity index (χ3v) is 2.31. The molecule has 0 aliphatic carbocycles. The number of rotatable bonds is 3. The second-order valence-electron chi connectivity index (χ2n) is 2.62. The summed E-state index contributed by atoms with van der Waals surface area (Å²) in [5.74, 6) is -0.220. The quantitative estimate of drug-likeness (QED) is 0.869. The molecule has 1 nitrogen and oxygen atoms in total. The Morgan fingerprint density at radius 2 is 2.23 bits per heavy atom. The van der Waals surface area contributed by atoms with Crippen molar-refractivity contribution in [3.63, 3.8) is 0 Å². The van der Waals surface area contributed by atoms with Crippen molar-refractivity contribution in [3.05, 3.63) is 40.1 Å². The molecule has 1 aromatic rings. The molecule has 1 rings (SSSR count). The number of hydrogen-bond acceptors (Lipinski definition) is 1. The van der Waals surface area contributed by atoms with Crippen molar-refractivity contribution in [2.75, 3.05) is 6.54 Å². The van der Waals surface area contributed by atoms with E-state index >= 15 is 0 Å². The maximum absolute atomic E-state index is 13.2. The van der Waals surface area contributed by atoms with Crippen LogP contribution in [0.2, 0.25) is 0 Å². The van der Waals surface area contributed by atoms with Crippen LogP contribution >= 0.6 is 15.9 Å². The molecule has 2 N–H and O–H groups in total. The van der Waals surface area contributed by atoms with E-state index < -0.39 is 0 Å². The van der Waals surface area contributed by atoms with Crippen molar-refractivity contribution in [2.24, 2.45) is 5.73 Å². The summed E-state index contributed by atoms with van der Waals surface area (Å²) in [5, 5.41) is 0. The zero-order chi connectivity index (χ0) is 9.68. The summed E-state index contributed by atoms with van der Waals surface area (Å²) in [6.45, 7) is 0.586. The molecule has 0 aromatic heterocycles. The molecule has 0 heterocycles. The van der Waals surface area contributed by atoms with E-state index in [0.717, 1.165) is 10.9 Å². The topological polar surface area (TPSA) is 26.0 Å². The summed E-state index contributed by atoms with van der Waals surface area (Å²) in [6, 6.07) is 4.91. The van der Waals surface area contributed by atoms with Crippen molar-refractivity contribution < 1.29 is 4.39 Å². The van der Waals surface area contributed by atoms with Crippen LogP contribution < -0.4 is 5.73 Å². The molecule has 70 valence electrons. The third kappa shape index (κ3) is 2.94. The fraction of sp³-hybridized carbons (Fsp3) is 0.200. The Labute approximate surface area is 85.6 Å². The Kier molecular flexibility index (Phi) is 4.12. The molecule has 0 aliphatic rings. The minimum Gasteiger partial charge on any atom is -0.330 e. The lowest BCUT2D eigenvalue weighted by Crippen LogP contribution is -1.95. The van der Waals surface area contributed by atoms with E-state index in [1.807, 2.05) is 12.1 Å². The van der Waals surface area contributed by atoms with Crippen LogP contribution in [0.1, 0.15) is 12.0 Å². The minimum atomic E-state index is -0.220. The molecule has 0 spiro atoms. The predicted molar refractivity (Wildman–Crippen MR) is 56.8 cm³/mol. The van der Waals surface area contributed by atoms with Crippen molar-refractivity contribution in [2.45, 2.75) is 6.42 Å². The van der Waals surface area contributed by atoms with Gasteiger partial charge in [0.05, 0.1) is 0 Å². The first-order chi connectivity index (χ1) is 6.25. The summed E-state index contributed by atoms with van der Waals surface area (Å²) < 4.78 is 13.9. The Bertz CT molecular complexity index is 290. The van der Waals surface area contributed by atoms with Crippen LogP contribution in [0.15, 0.2) is 28.7 Å². The van der Waals surface area contributed by atoms with Crippen molar-refractivity contribution in [1.82, 2.24) is 0 Å². The van der Waals surface area contributed by atoms with E-state index in [1.54, 1.807) is 12.1 Å². The summed E-state index contributed by atoms with van der Waals surface area (Å²) >= 11 is 3.28. The number of hydrogen-bond donors (Lipinski definition) is 1. The van der Waals surface area contributed by atoms with Crippen molar-refractivity contribution in [3.8, 4) is 0 Å². The highest BCUT2D eigenvalue weighted by atomic mass is 79.9. The minimum absolute atomic E-state index is 0.220. The summed E-state index contributed by atoms with van der Waals surface area (Å²) in [5.41, 5.74) is 5.89. The second kappa shape index (κ2) is 5.14. The zero-order valence-electron chi connectivity index (χ0n) is 7.13. The first-order valence-electron chi connectivity index (χ1n) is 4.06. The maximum atomic E-state index is 13.2. The van der Waals surface area contributed by atoms with Gasteiger partial charge in [0.1, 0.15) is 5.82 Å². The summed E-state index contributed by atoms with van der Waals surface area (Å²) in [6.07, 6.45) is 4.37. The molecule has 0 saturated heterocycles. The van der Waals surface area contributed by atoms with E-state index in [0.29, 0.717) is 12.1 Å². The number of halogens is 2. The van der Waals surface area contributed by atoms with Crippen LogP contribution in [0.5, 0.6) is 0 Å². The van der Waals surface area contributed by atoms with Gasteiger partial charge in [-0.3, -0.25) is 0 Å². The highest BCUT2D eigenvalue weighted by molar-refractivity contribution is 9.10. The Balaban J connectivity index is 2.87. The van der Waals surface area contributed by atoms with Gasteiger partial charge in [-0.2, -0.15) is 0 Å². The summed E-state index contributed by atoms with van der Waals surface area (Å²) in [7, 11) is 0. The van der Waals surface area contributed by atoms with Crippen LogP contribution in [0.25, 0.3) is 6.08 Å². The van der Waals surface area contributed by atoms with E-state index in [9.17, 15) is 4.39 Å². The van der Waals surface area contributed by atoms with Crippen LogP contribution in [0, 0.1) is 5.82 Å². The van der Waals surface area contributed by atoms with Gasteiger partial charge in [-0.1, -0.05) is 34.1 Å². The van der Waals surface area contributed by atoms with Gasteiger partial charge in [-0.05, 0) is 25.1 Å². The van der Waals surface area contributed by atoms with Gasteiger partial charge in [0.15, 0.2) is 0 Å². The highest BCUT2D eigenvalue weighted by Gasteiger charge is 2.00. The predicted octanol–water partition coefficient (Wildman–Crippen LogP) is 2.95. The SMILES string of the molecule is NCCC=Cc1c(F)cccc1Br. The first-order valence-corrected chi connectivity index (χ1v) is 4.85. The molecule has 0 saturated carbocycles. The maximum Gasteiger partial charge on any atom is 0.131 e. The molecule has 0 unspecified atom stereocenters. The second-order valence-corrected chi connectivity index (χ2v) is 3.47. The fourth-order valence-electron chi connectivity index (χ4n) is 0.967. The normalized spacial score (nSPS) is 11.0. The van der Waals surface area contributed by atoms with E-state index in [4.69, 9.17) is 5.73 Å². The van der Waals surface area contributed by atoms with Crippen LogP contribution in [-0.2, 0) is 0 Å². The lowest BCUT2D eigenvalue weighted by atomic mass is 10.2. The van der Waals surface area contributed by atoms with E-state index in [-0.39, 0.29) is 5.82 Å². The highest BCUT2D eigenvalue weighted by Crippen LogP contribution is 2.20. The first kappa shape index (κ1) is 10.4. The van der Waals surface area contributed by atoms with Gasteiger partial charge in [-0.15, -0.1) is 0 Å². The van der Waals surface area contributed by atoms with Crippen molar-refractivity contribution in [1.29, 1.82) is 0 Å². The van der Waals surface area contributed by atoms with Crippen molar-refractivity contribution >= 4 is 22.0 Å². The molecular formula is C10H11BrFN. The van der Waals surface area contributed by atoms with Gasteiger partial charge < -0.3 is 5.73 Å². The van der Waals surface area contributed by atoms with Crippen LogP contribution in [0.3, 0.4) is 0 Å². The Hall–Kier alpha value is -0.670. The monoisotopic (exact) mass is 243 g/mol. The average molecular weight is 244 g/mol. The largest absolute Gasteiger partial charge is 0.330 e. The molecular weight excluding hydrogens is 233 g/mol. The van der Waals surface area contributed by atoms with Gasteiger partial charge in [0, 0.05) is 10.0 Å². The standard InChI is InChI=1S/C10H11BrFN/c11-9-5-3-6-10(12)8(9)4-1-2-7-13/h1,3-6H,2,7,13H2. The molecule has 0 atom stereocenters. The third-order valence-electron chi connectivity index (χ3n) is 1.62. The lowest BCUT2D eigenvalue weighted by Gasteiger charge is -1.99. The molecule has 1 aromatic carbocycles. The smallest absolute Gasteiger partial charge is 0.131 e.